The van der Waals surface area contributed by atoms with Gasteiger partial charge in [-0.2, -0.15) is 9.97 Å². The smallest absolute Gasteiger partial charge is 0.353 e. The van der Waals surface area contributed by atoms with Crippen LogP contribution in [0.2, 0.25) is 0 Å². The highest BCUT2D eigenvalue weighted by Crippen LogP contribution is 2.34. The van der Waals surface area contributed by atoms with Crippen LogP contribution in [0.3, 0.4) is 0 Å². The average molecular weight is 366 g/mol. The van der Waals surface area contributed by atoms with Crippen LogP contribution in [0, 0.1) is 10.1 Å². The Morgan fingerprint density at radius 1 is 0.962 bits per heavy atom. The Labute approximate surface area is 152 Å². The molecule has 2 aliphatic heterocycles. The molecule has 10 heteroatoms. The number of anilines is 3. The fourth-order valence-electron chi connectivity index (χ4n) is 3.68. The zero-order valence-electron chi connectivity index (χ0n) is 15.6. The number of nitrogens with two attached hydrogens (primary N) is 1. The van der Waals surface area contributed by atoms with Crippen LogP contribution in [-0.2, 0) is 9.47 Å². The first-order valence-electron chi connectivity index (χ1n) is 8.87. The second kappa shape index (κ2) is 7.20. The molecular weight excluding hydrogens is 340 g/mol. The molecule has 4 atom stereocenters. The zero-order chi connectivity index (χ0) is 19.0. The maximum atomic E-state index is 11.6. The van der Waals surface area contributed by atoms with Gasteiger partial charge in [0.05, 0.1) is 29.3 Å². The van der Waals surface area contributed by atoms with Crippen LogP contribution >= 0.6 is 0 Å². The number of ether oxygens (including phenoxy) is 2. The molecule has 0 amide bonds. The summed E-state index contributed by atoms with van der Waals surface area (Å²) in [7, 11) is 0. The standard InChI is InChI=1S/C16H26N6O4/c1-9-5-20(6-10(2)25-9)15-13(22(23)24)14(17)18-16(19-15)21-7-11(3)26-12(4)8-21/h9-12H,5-8H2,1-4H3,(H2,17,18,19)/t9-,10-,11-,12+/m1/s1. The summed E-state index contributed by atoms with van der Waals surface area (Å²) in [4.78, 5) is 23.7. The normalized spacial score (nSPS) is 29.7. The number of nitro groups is 1. The lowest BCUT2D eigenvalue weighted by Crippen LogP contribution is -2.47. The van der Waals surface area contributed by atoms with E-state index in [4.69, 9.17) is 15.2 Å². The van der Waals surface area contributed by atoms with E-state index >= 15 is 0 Å². The molecule has 0 radical (unpaired) electrons. The van der Waals surface area contributed by atoms with E-state index in [1.807, 2.05) is 37.5 Å². The van der Waals surface area contributed by atoms with E-state index in [-0.39, 0.29) is 41.7 Å². The summed E-state index contributed by atoms with van der Waals surface area (Å²) in [6, 6.07) is 0. The maximum Gasteiger partial charge on any atom is 0.353 e. The monoisotopic (exact) mass is 366 g/mol. The Hall–Kier alpha value is -2.20. The van der Waals surface area contributed by atoms with Crippen LogP contribution in [0.4, 0.5) is 23.3 Å². The van der Waals surface area contributed by atoms with Gasteiger partial charge in [0.25, 0.3) is 0 Å². The van der Waals surface area contributed by atoms with Crippen molar-refractivity contribution < 1.29 is 14.4 Å². The maximum absolute atomic E-state index is 11.6. The Morgan fingerprint density at radius 3 is 1.88 bits per heavy atom. The van der Waals surface area contributed by atoms with E-state index < -0.39 is 4.92 Å². The highest BCUT2D eigenvalue weighted by atomic mass is 16.6. The quantitative estimate of drug-likeness (QED) is 0.621. The SMILES string of the molecule is C[C@@H]1CN(c2nc(N3C[C@@H](C)O[C@@H](C)C3)nc(N)c2[N+](=O)[O-])C[C@@H](C)O1. The summed E-state index contributed by atoms with van der Waals surface area (Å²) in [6.07, 6.45) is -0.0702. The molecule has 3 heterocycles. The first kappa shape index (κ1) is 18.6. The van der Waals surface area contributed by atoms with Crippen LogP contribution in [0.15, 0.2) is 0 Å². The largest absolute Gasteiger partial charge is 0.378 e. The highest BCUT2D eigenvalue weighted by Gasteiger charge is 2.34. The Morgan fingerprint density at radius 2 is 1.42 bits per heavy atom. The Bertz CT molecular complexity index is 667. The molecule has 2 saturated heterocycles. The fourth-order valence-corrected chi connectivity index (χ4v) is 3.68. The van der Waals surface area contributed by atoms with Crippen molar-refractivity contribution in [3.8, 4) is 0 Å². The van der Waals surface area contributed by atoms with Gasteiger partial charge in [-0.25, -0.2) is 0 Å². The van der Waals surface area contributed by atoms with Crippen LogP contribution in [-0.4, -0.2) is 65.5 Å². The molecule has 0 aromatic carbocycles. The minimum atomic E-state index is -0.510. The topological polar surface area (TPSA) is 120 Å². The molecule has 144 valence electrons. The predicted molar refractivity (Wildman–Crippen MR) is 97.5 cm³/mol. The number of hydrogen-bond donors (Lipinski definition) is 1. The molecule has 10 nitrogen and oxygen atoms in total. The van der Waals surface area contributed by atoms with E-state index in [0.717, 1.165) is 0 Å². The highest BCUT2D eigenvalue weighted by molar-refractivity contribution is 5.71. The molecule has 2 fully saturated rings. The number of morpholine rings is 2. The third-order valence-electron chi connectivity index (χ3n) is 4.48. The molecule has 0 aliphatic carbocycles. The predicted octanol–water partition coefficient (Wildman–Crippen LogP) is 1.19. The van der Waals surface area contributed by atoms with E-state index in [9.17, 15) is 10.1 Å². The Balaban J connectivity index is 2.01. The minimum absolute atomic E-state index is 0.0191. The van der Waals surface area contributed by atoms with E-state index in [2.05, 4.69) is 9.97 Å². The average Bonchev–Trinajstić information content (AvgIpc) is 2.51. The molecule has 26 heavy (non-hydrogen) atoms. The molecule has 0 saturated carbocycles. The van der Waals surface area contributed by atoms with Gasteiger partial charge in [-0.3, -0.25) is 10.1 Å². The van der Waals surface area contributed by atoms with Crippen molar-refractivity contribution >= 4 is 23.3 Å². The number of nitrogen functional groups attached to an aromatic ring is 1. The summed E-state index contributed by atoms with van der Waals surface area (Å²) in [5.41, 5.74) is 5.72. The van der Waals surface area contributed by atoms with Gasteiger partial charge in [-0.05, 0) is 27.7 Å². The van der Waals surface area contributed by atoms with Gasteiger partial charge < -0.3 is 25.0 Å². The fraction of sp³-hybridized carbons (Fsp3) is 0.750. The van der Waals surface area contributed by atoms with Gasteiger partial charge in [0.1, 0.15) is 0 Å². The van der Waals surface area contributed by atoms with Gasteiger partial charge in [-0.1, -0.05) is 0 Å². The first-order chi connectivity index (χ1) is 12.2. The van der Waals surface area contributed by atoms with Crippen molar-refractivity contribution in [2.45, 2.75) is 52.1 Å². The lowest BCUT2D eigenvalue weighted by atomic mass is 10.2. The zero-order valence-corrected chi connectivity index (χ0v) is 15.6. The molecule has 1 aromatic heterocycles. The van der Waals surface area contributed by atoms with Crippen molar-refractivity contribution in [1.82, 2.24) is 9.97 Å². The van der Waals surface area contributed by atoms with E-state index in [1.165, 1.54) is 0 Å². The molecule has 0 bridgehead atoms. The lowest BCUT2D eigenvalue weighted by Gasteiger charge is -2.37. The number of rotatable bonds is 3. The van der Waals surface area contributed by atoms with Crippen molar-refractivity contribution in [3.63, 3.8) is 0 Å². The first-order valence-corrected chi connectivity index (χ1v) is 8.87. The molecule has 3 rings (SSSR count). The van der Waals surface area contributed by atoms with Crippen molar-refractivity contribution in [1.29, 1.82) is 0 Å². The van der Waals surface area contributed by atoms with Gasteiger partial charge in [0.2, 0.25) is 17.6 Å². The van der Waals surface area contributed by atoms with Gasteiger partial charge in [-0.15, -0.1) is 0 Å². The second-order valence-corrected chi connectivity index (χ2v) is 7.16. The molecule has 2 aliphatic rings. The molecule has 0 spiro atoms. The van der Waals surface area contributed by atoms with Gasteiger partial charge in [0, 0.05) is 26.2 Å². The van der Waals surface area contributed by atoms with Crippen LogP contribution in [0.1, 0.15) is 27.7 Å². The van der Waals surface area contributed by atoms with Gasteiger partial charge >= 0.3 is 5.69 Å². The van der Waals surface area contributed by atoms with Crippen LogP contribution in [0.5, 0.6) is 0 Å². The molecule has 2 N–H and O–H groups in total. The van der Waals surface area contributed by atoms with E-state index in [1.54, 1.807) is 0 Å². The third-order valence-corrected chi connectivity index (χ3v) is 4.48. The van der Waals surface area contributed by atoms with Crippen LogP contribution < -0.4 is 15.5 Å². The summed E-state index contributed by atoms with van der Waals surface area (Å²) in [5.74, 6) is 0.539. The molecular formula is C16H26N6O4. The van der Waals surface area contributed by atoms with Crippen LogP contribution in [0.25, 0.3) is 0 Å². The number of hydrogen-bond acceptors (Lipinski definition) is 9. The third kappa shape index (κ3) is 3.80. The second-order valence-electron chi connectivity index (χ2n) is 7.16. The Kier molecular flexibility index (Phi) is 5.15. The summed E-state index contributed by atoms with van der Waals surface area (Å²) < 4.78 is 11.5. The molecule has 0 unspecified atom stereocenters. The molecule has 1 aromatic rings. The summed E-state index contributed by atoms with van der Waals surface area (Å²) in [5, 5.41) is 11.6. The summed E-state index contributed by atoms with van der Waals surface area (Å²) in [6.45, 7) is 10.1. The summed E-state index contributed by atoms with van der Waals surface area (Å²) >= 11 is 0. The van der Waals surface area contributed by atoms with Crippen molar-refractivity contribution in [2.24, 2.45) is 0 Å². The van der Waals surface area contributed by atoms with E-state index in [0.29, 0.717) is 32.1 Å². The van der Waals surface area contributed by atoms with Crippen molar-refractivity contribution in [2.75, 3.05) is 41.7 Å². The minimum Gasteiger partial charge on any atom is -0.378 e. The van der Waals surface area contributed by atoms with Gasteiger partial charge in [0.15, 0.2) is 0 Å². The number of nitrogens with zero attached hydrogens (tertiary/aromatic N) is 5. The lowest BCUT2D eigenvalue weighted by molar-refractivity contribution is -0.383. The van der Waals surface area contributed by atoms with Crippen molar-refractivity contribution in [3.05, 3.63) is 10.1 Å². The number of aromatic nitrogens is 2.